The lowest BCUT2D eigenvalue weighted by molar-refractivity contribution is -0.159. The molecule has 0 aliphatic carbocycles. The maximum absolute atomic E-state index is 13.6. The molecule has 0 bridgehead atoms. The minimum absolute atomic E-state index is 0.00255. The van der Waals surface area contributed by atoms with Crippen LogP contribution in [0.1, 0.15) is 24.5 Å². The number of hydrogen-bond acceptors (Lipinski definition) is 5. The van der Waals surface area contributed by atoms with Gasteiger partial charge in [0.2, 0.25) is 0 Å². The number of rotatable bonds is 7. The molecule has 2 aliphatic rings. The van der Waals surface area contributed by atoms with Crippen molar-refractivity contribution in [1.29, 1.82) is 0 Å². The van der Waals surface area contributed by atoms with Gasteiger partial charge in [-0.25, -0.2) is 18.8 Å². The SMILES string of the molecule is O=C(O)C(=O)O.O=C1NCCN1CCN1CCCC1C(Oc1c[nH]c2ccc(Cl)cc12)c1ccc(F)cc1. The average Bonchev–Trinajstić information content (AvgIpc) is 3.62. The van der Waals surface area contributed by atoms with E-state index in [1.54, 1.807) is 12.1 Å². The van der Waals surface area contributed by atoms with Crippen LogP contribution in [0.5, 0.6) is 5.75 Å². The van der Waals surface area contributed by atoms with Gasteiger partial charge in [-0.3, -0.25) is 4.90 Å². The molecular weight excluding hydrogens is 519 g/mol. The minimum atomic E-state index is -1.82. The van der Waals surface area contributed by atoms with Crippen LogP contribution in [0.15, 0.2) is 48.7 Å². The Labute approximate surface area is 222 Å². The molecule has 2 unspecified atom stereocenters. The van der Waals surface area contributed by atoms with Gasteiger partial charge in [0.05, 0.1) is 6.04 Å². The fraction of sp³-hybridized carbons (Fsp3) is 0.346. The molecule has 0 radical (unpaired) electrons. The summed E-state index contributed by atoms with van der Waals surface area (Å²) >= 11 is 6.23. The Morgan fingerprint density at radius 1 is 1.11 bits per heavy atom. The lowest BCUT2D eigenvalue weighted by Crippen LogP contribution is -2.42. The number of aromatic nitrogens is 1. The second-order valence-corrected chi connectivity index (χ2v) is 9.44. The van der Waals surface area contributed by atoms with Crippen molar-refractivity contribution in [3.63, 3.8) is 0 Å². The number of ether oxygens (including phenoxy) is 1. The van der Waals surface area contributed by atoms with Crippen LogP contribution in [-0.2, 0) is 9.59 Å². The number of nitrogens with one attached hydrogen (secondary N) is 2. The van der Waals surface area contributed by atoms with Gasteiger partial charge < -0.3 is 30.2 Å². The quantitative estimate of drug-likeness (QED) is 0.332. The van der Waals surface area contributed by atoms with Gasteiger partial charge in [0.25, 0.3) is 0 Å². The third-order valence-electron chi connectivity index (χ3n) is 6.61. The average molecular weight is 547 g/mol. The summed E-state index contributed by atoms with van der Waals surface area (Å²) in [5.74, 6) is -3.19. The Balaban J connectivity index is 0.000000505. The maximum Gasteiger partial charge on any atom is 0.414 e. The van der Waals surface area contributed by atoms with Gasteiger partial charge in [-0.1, -0.05) is 23.7 Å². The Morgan fingerprint density at radius 2 is 1.84 bits per heavy atom. The Hall–Kier alpha value is -3.83. The molecule has 4 N–H and O–H groups in total. The molecule has 0 saturated carbocycles. The summed E-state index contributed by atoms with van der Waals surface area (Å²) in [4.78, 5) is 37.6. The summed E-state index contributed by atoms with van der Waals surface area (Å²) < 4.78 is 20.3. The molecule has 3 aromatic rings. The molecule has 3 heterocycles. The van der Waals surface area contributed by atoms with E-state index in [1.165, 1.54) is 12.1 Å². The molecule has 2 atom stereocenters. The Kier molecular flexibility index (Phi) is 8.70. The largest absolute Gasteiger partial charge is 0.482 e. The standard InChI is InChI=1S/C24H26ClFN4O2.C2H2O4/c25-17-5-8-20-19(14-17)22(15-28-20)32-23(16-3-6-18(26)7-4-16)21-2-1-10-29(21)12-13-30-11-9-27-24(30)31;3-1(4)2(5)6/h3-8,14-15,21,23,28H,1-2,9-13H2,(H,27,31);(H,3,4)(H,5,6). The van der Waals surface area contributed by atoms with Crippen LogP contribution < -0.4 is 10.1 Å². The predicted octanol–water partition coefficient (Wildman–Crippen LogP) is 3.73. The number of carboxylic acids is 2. The highest BCUT2D eigenvalue weighted by Crippen LogP contribution is 2.37. The van der Waals surface area contributed by atoms with E-state index in [0.29, 0.717) is 18.1 Å². The van der Waals surface area contributed by atoms with Crippen LogP contribution in [-0.4, -0.2) is 81.7 Å². The van der Waals surface area contributed by atoms with E-state index >= 15 is 0 Å². The molecule has 202 valence electrons. The number of amides is 2. The van der Waals surface area contributed by atoms with Crippen molar-refractivity contribution in [3.8, 4) is 5.75 Å². The van der Waals surface area contributed by atoms with Crippen molar-refractivity contribution in [2.24, 2.45) is 0 Å². The van der Waals surface area contributed by atoms with Crippen LogP contribution in [0.25, 0.3) is 10.9 Å². The molecule has 10 nitrogen and oxygen atoms in total. The number of halogens is 2. The van der Waals surface area contributed by atoms with Gasteiger partial charge in [0, 0.05) is 48.3 Å². The molecular formula is C26H28ClFN4O6. The zero-order chi connectivity index (χ0) is 27.2. The van der Waals surface area contributed by atoms with Gasteiger partial charge in [-0.05, 0) is 55.3 Å². The van der Waals surface area contributed by atoms with Crippen LogP contribution in [0.4, 0.5) is 9.18 Å². The lowest BCUT2D eigenvalue weighted by Gasteiger charge is -2.33. The fourth-order valence-corrected chi connectivity index (χ4v) is 4.94. The van der Waals surface area contributed by atoms with Crippen LogP contribution in [0, 0.1) is 5.82 Å². The molecule has 2 aromatic carbocycles. The number of nitrogens with zero attached hydrogens (tertiary/aromatic N) is 2. The highest BCUT2D eigenvalue weighted by molar-refractivity contribution is 6.31. The van der Waals surface area contributed by atoms with Crippen LogP contribution >= 0.6 is 11.6 Å². The smallest absolute Gasteiger partial charge is 0.414 e. The topological polar surface area (TPSA) is 135 Å². The number of benzene rings is 2. The van der Waals surface area contributed by atoms with E-state index in [-0.39, 0.29) is 24.0 Å². The third kappa shape index (κ3) is 6.53. The molecule has 2 saturated heterocycles. The normalized spacial score (nSPS) is 18.1. The summed E-state index contributed by atoms with van der Waals surface area (Å²) in [7, 11) is 0. The van der Waals surface area contributed by atoms with E-state index in [1.807, 2.05) is 29.3 Å². The number of urea groups is 1. The second-order valence-electron chi connectivity index (χ2n) is 9.01. The van der Waals surface area contributed by atoms with E-state index < -0.39 is 11.9 Å². The van der Waals surface area contributed by atoms with Crippen molar-refractivity contribution in [2.75, 3.05) is 32.7 Å². The molecule has 38 heavy (non-hydrogen) atoms. The van der Waals surface area contributed by atoms with Crippen molar-refractivity contribution in [3.05, 3.63) is 65.1 Å². The molecule has 2 amide bonds. The molecule has 1 aromatic heterocycles. The fourth-order valence-electron chi connectivity index (χ4n) is 4.77. The first-order valence-electron chi connectivity index (χ1n) is 12.1. The second kappa shape index (κ2) is 12.1. The molecule has 5 rings (SSSR count). The number of carboxylic acid groups (broad SMARTS) is 2. The Bertz CT molecular complexity index is 1290. The highest BCUT2D eigenvalue weighted by atomic mass is 35.5. The number of aromatic amines is 1. The molecule has 2 aliphatic heterocycles. The summed E-state index contributed by atoms with van der Waals surface area (Å²) in [6, 6.07) is 12.3. The zero-order valence-electron chi connectivity index (χ0n) is 20.4. The first-order chi connectivity index (χ1) is 18.2. The third-order valence-corrected chi connectivity index (χ3v) is 6.84. The van der Waals surface area contributed by atoms with Crippen molar-refractivity contribution < 1.29 is 33.7 Å². The number of fused-ring (bicyclic) bond motifs is 1. The Morgan fingerprint density at radius 3 is 2.50 bits per heavy atom. The molecule has 0 spiro atoms. The van der Waals surface area contributed by atoms with Gasteiger partial charge in [-0.15, -0.1) is 0 Å². The van der Waals surface area contributed by atoms with Crippen LogP contribution in [0.3, 0.4) is 0 Å². The first-order valence-corrected chi connectivity index (χ1v) is 12.5. The molecule has 2 fully saturated rings. The van der Waals surface area contributed by atoms with Gasteiger partial charge >= 0.3 is 18.0 Å². The van der Waals surface area contributed by atoms with E-state index in [2.05, 4.69) is 15.2 Å². The zero-order valence-corrected chi connectivity index (χ0v) is 21.2. The van der Waals surface area contributed by atoms with Crippen molar-refractivity contribution in [2.45, 2.75) is 25.0 Å². The first kappa shape index (κ1) is 27.2. The van der Waals surface area contributed by atoms with Gasteiger partial charge in [-0.2, -0.15) is 0 Å². The van der Waals surface area contributed by atoms with E-state index in [4.69, 9.17) is 36.1 Å². The molecule has 12 heteroatoms. The van der Waals surface area contributed by atoms with Crippen molar-refractivity contribution >= 4 is 40.5 Å². The maximum atomic E-state index is 13.6. The van der Waals surface area contributed by atoms with E-state index in [9.17, 15) is 9.18 Å². The summed E-state index contributed by atoms with van der Waals surface area (Å²) in [5, 5.41) is 19.2. The van der Waals surface area contributed by atoms with Gasteiger partial charge in [0.1, 0.15) is 17.7 Å². The number of likely N-dealkylation sites (tertiary alicyclic amines) is 1. The summed E-state index contributed by atoms with van der Waals surface area (Å²) in [6.07, 6.45) is 3.60. The van der Waals surface area contributed by atoms with Gasteiger partial charge in [0.15, 0.2) is 0 Å². The summed E-state index contributed by atoms with van der Waals surface area (Å²) in [6.45, 7) is 3.85. The lowest BCUT2D eigenvalue weighted by atomic mass is 9.99. The van der Waals surface area contributed by atoms with Crippen molar-refractivity contribution in [1.82, 2.24) is 20.1 Å². The number of hydrogen-bond donors (Lipinski definition) is 4. The highest BCUT2D eigenvalue weighted by Gasteiger charge is 2.35. The number of H-pyrrole nitrogens is 1. The number of carbonyl (C=O) groups is 3. The van der Waals surface area contributed by atoms with Crippen LogP contribution in [0.2, 0.25) is 5.02 Å². The predicted molar refractivity (Wildman–Crippen MR) is 138 cm³/mol. The number of carbonyl (C=O) groups excluding carboxylic acids is 1. The van der Waals surface area contributed by atoms with E-state index in [0.717, 1.165) is 54.7 Å². The summed E-state index contributed by atoms with van der Waals surface area (Å²) in [5.41, 5.74) is 1.88. The monoisotopic (exact) mass is 546 g/mol. The minimum Gasteiger partial charge on any atom is -0.482 e. The number of aliphatic carboxylic acids is 2.